The molecular weight excluding hydrogens is 327 g/mol. The highest BCUT2D eigenvalue weighted by atomic mass is 19.1. The summed E-state index contributed by atoms with van der Waals surface area (Å²) in [7, 11) is 0. The van der Waals surface area contributed by atoms with Gasteiger partial charge in [0.05, 0.1) is 10.5 Å². The molecule has 1 heterocycles. The number of piperidine rings is 1. The van der Waals surface area contributed by atoms with Crippen molar-refractivity contribution in [2.24, 2.45) is 0 Å². The number of benzene rings is 2. The van der Waals surface area contributed by atoms with Crippen LogP contribution < -0.4 is 9.64 Å². The van der Waals surface area contributed by atoms with Crippen LogP contribution in [0.3, 0.4) is 0 Å². The number of para-hydroxylation sites is 1. The lowest BCUT2D eigenvalue weighted by atomic mass is 10.1. The van der Waals surface area contributed by atoms with Crippen molar-refractivity contribution in [2.75, 3.05) is 18.0 Å². The summed E-state index contributed by atoms with van der Waals surface area (Å²) in [6.07, 6.45) is 3.07. The SMILES string of the molecule is O=C(Oc1ccccc1F)c1ccc(N2CCCCC2)c([N+](=O)[O-])c1. The first kappa shape index (κ1) is 16.9. The minimum absolute atomic E-state index is 0.00992. The summed E-state index contributed by atoms with van der Waals surface area (Å²) in [4.78, 5) is 25.1. The largest absolute Gasteiger partial charge is 0.420 e. The van der Waals surface area contributed by atoms with Crippen LogP contribution in [0.2, 0.25) is 0 Å². The summed E-state index contributed by atoms with van der Waals surface area (Å²) in [5.74, 6) is -1.72. The van der Waals surface area contributed by atoms with Gasteiger partial charge in [-0.15, -0.1) is 0 Å². The molecule has 25 heavy (non-hydrogen) atoms. The van der Waals surface area contributed by atoms with Gasteiger partial charge in [0, 0.05) is 19.2 Å². The molecule has 0 saturated carbocycles. The first-order valence-corrected chi connectivity index (χ1v) is 8.06. The zero-order valence-electron chi connectivity index (χ0n) is 13.5. The molecule has 6 nitrogen and oxygen atoms in total. The number of ether oxygens (including phenoxy) is 1. The fraction of sp³-hybridized carbons (Fsp3) is 0.278. The van der Waals surface area contributed by atoms with E-state index in [1.165, 1.54) is 36.4 Å². The molecule has 0 aliphatic carbocycles. The number of nitro benzene ring substituents is 1. The van der Waals surface area contributed by atoms with Crippen LogP contribution in [0.4, 0.5) is 15.8 Å². The van der Waals surface area contributed by atoms with E-state index in [4.69, 9.17) is 4.74 Å². The van der Waals surface area contributed by atoms with E-state index >= 15 is 0 Å². The Balaban J connectivity index is 1.87. The lowest BCUT2D eigenvalue weighted by Gasteiger charge is -2.28. The first-order chi connectivity index (χ1) is 12.1. The molecule has 0 atom stereocenters. The fourth-order valence-electron chi connectivity index (χ4n) is 2.89. The summed E-state index contributed by atoms with van der Waals surface area (Å²) < 4.78 is 18.6. The van der Waals surface area contributed by atoms with Gasteiger partial charge in [-0.25, -0.2) is 9.18 Å². The zero-order chi connectivity index (χ0) is 17.8. The molecule has 0 spiro atoms. The standard InChI is InChI=1S/C18H17FN2O4/c19-14-6-2-3-7-17(14)25-18(22)13-8-9-15(16(12-13)21(23)24)20-10-4-1-5-11-20/h2-3,6-9,12H,1,4-5,10-11H2. The van der Waals surface area contributed by atoms with Gasteiger partial charge >= 0.3 is 5.97 Å². The highest BCUT2D eigenvalue weighted by Crippen LogP contribution is 2.31. The van der Waals surface area contributed by atoms with Crippen molar-refractivity contribution in [1.82, 2.24) is 0 Å². The van der Waals surface area contributed by atoms with E-state index in [2.05, 4.69) is 0 Å². The van der Waals surface area contributed by atoms with Crippen molar-refractivity contribution in [1.29, 1.82) is 0 Å². The first-order valence-electron chi connectivity index (χ1n) is 8.06. The molecule has 2 aromatic rings. The average molecular weight is 344 g/mol. The van der Waals surface area contributed by atoms with Crippen LogP contribution in [0.15, 0.2) is 42.5 Å². The Morgan fingerprint density at radius 1 is 1.12 bits per heavy atom. The Kier molecular flexibility index (Phi) is 4.92. The number of halogens is 1. The number of nitro groups is 1. The van der Waals surface area contributed by atoms with Gasteiger partial charge in [0.15, 0.2) is 11.6 Å². The van der Waals surface area contributed by atoms with Gasteiger partial charge in [0.2, 0.25) is 0 Å². The summed E-state index contributed by atoms with van der Waals surface area (Å²) in [6, 6.07) is 9.72. The fourth-order valence-corrected chi connectivity index (χ4v) is 2.89. The molecule has 2 aromatic carbocycles. The third-order valence-electron chi connectivity index (χ3n) is 4.14. The van der Waals surface area contributed by atoms with Crippen molar-refractivity contribution < 1.29 is 18.8 Å². The Bertz CT molecular complexity index is 803. The van der Waals surface area contributed by atoms with Crippen LogP contribution in [-0.4, -0.2) is 24.0 Å². The number of esters is 1. The van der Waals surface area contributed by atoms with Gasteiger partial charge in [-0.3, -0.25) is 10.1 Å². The van der Waals surface area contributed by atoms with Crippen LogP contribution in [0.25, 0.3) is 0 Å². The van der Waals surface area contributed by atoms with Crippen molar-refractivity contribution in [3.05, 3.63) is 64.0 Å². The Morgan fingerprint density at radius 2 is 1.84 bits per heavy atom. The number of hydrogen-bond acceptors (Lipinski definition) is 5. The van der Waals surface area contributed by atoms with E-state index in [0.29, 0.717) is 5.69 Å². The smallest absolute Gasteiger partial charge is 0.343 e. The molecule has 0 amide bonds. The number of anilines is 1. The van der Waals surface area contributed by atoms with Crippen molar-refractivity contribution in [3.63, 3.8) is 0 Å². The van der Waals surface area contributed by atoms with E-state index in [1.807, 2.05) is 4.90 Å². The summed E-state index contributed by atoms with van der Waals surface area (Å²) in [5.41, 5.74) is 0.354. The van der Waals surface area contributed by atoms with E-state index in [1.54, 1.807) is 6.07 Å². The number of hydrogen-bond donors (Lipinski definition) is 0. The number of nitrogens with zero attached hydrogens (tertiary/aromatic N) is 2. The summed E-state index contributed by atoms with van der Waals surface area (Å²) in [5, 5.41) is 11.4. The molecule has 3 rings (SSSR count). The predicted molar refractivity (Wildman–Crippen MR) is 90.5 cm³/mol. The van der Waals surface area contributed by atoms with Gasteiger partial charge in [-0.05, 0) is 43.5 Å². The van der Waals surface area contributed by atoms with E-state index < -0.39 is 16.7 Å². The Labute approximate surface area is 144 Å². The third-order valence-corrected chi connectivity index (χ3v) is 4.14. The minimum Gasteiger partial charge on any atom is -0.420 e. The van der Waals surface area contributed by atoms with Crippen LogP contribution in [0.1, 0.15) is 29.6 Å². The highest BCUT2D eigenvalue weighted by molar-refractivity contribution is 5.93. The highest BCUT2D eigenvalue weighted by Gasteiger charge is 2.24. The Hall–Kier alpha value is -2.96. The second-order valence-electron chi connectivity index (χ2n) is 5.83. The molecule has 1 saturated heterocycles. The third kappa shape index (κ3) is 3.76. The van der Waals surface area contributed by atoms with Crippen LogP contribution >= 0.6 is 0 Å². The van der Waals surface area contributed by atoms with Gasteiger partial charge in [0.1, 0.15) is 5.69 Å². The maximum atomic E-state index is 13.6. The molecular formula is C18H17FN2O4. The van der Waals surface area contributed by atoms with Gasteiger partial charge in [0.25, 0.3) is 5.69 Å². The quantitative estimate of drug-likeness (QED) is 0.363. The molecule has 1 aliphatic rings. The number of rotatable bonds is 4. The minimum atomic E-state index is -0.835. The van der Waals surface area contributed by atoms with Crippen LogP contribution in [0.5, 0.6) is 5.75 Å². The second-order valence-corrected chi connectivity index (χ2v) is 5.83. The van der Waals surface area contributed by atoms with Crippen molar-refractivity contribution in [2.45, 2.75) is 19.3 Å². The number of carbonyl (C=O) groups is 1. The van der Waals surface area contributed by atoms with Gasteiger partial charge < -0.3 is 9.64 Å². The van der Waals surface area contributed by atoms with E-state index in [0.717, 1.165) is 32.4 Å². The van der Waals surface area contributed by atoms with E-state index in [9.17, 15) is 19.3 Å². The summed E-state index contributed by atoms with van der Waals surface area (Å²) >= 11 is 0. The van der Waals surface area contributed by atoms with Crippen molar-refractivity contribution >= 4 is 17.3 Å². The van der Waals surface area contributed by atoms with Gasteiger partial charge in [-0.1, -0.05) is 12.1 Å². The molecule has 0 aromatic heterocycles. The molecule has 0 bridgehead atoms. The van der Waals surface area contributed by atoms with E-state index in [-0.39, 0.29) is 17.0 Å². The molecule has 7 heteroatoms. The number of carbonyl (C=O) groups excluding carboxylic acids is 1. The maximum Gasteiger partial charge on any atom is 0.343 e. The molecule has 0 radical (unpaired) electrons. The van der Waals surface area contributed by atoms with Crippen LogP contribution in [0, 0.1) is 15.9 Å². The molecule has 0 unspecified atom stereocenters. The lowest BCUT2D eigenvalue weighted by Crippen LogP contribution is -2.30. The zero-order valence-corrected chi connectivity index (χ0v) is 13.5. The van der Waals surface area contributed by atoms with Crippen LogP contribution in [-0.2, 0) is 0 Å². The van der Waals surface area contributed by atoms with Crippen molar-refractivity contribution in [3.8, 4) is 5.75 Å². The summed E-state index contributed by atoms with van der Waals surface area (Å²) in [6.45, 7) is 1.50. The molecule has 130 valence electrons. The normalized spacial score (nSPS) is 14.2. The maximum absolute atomic E-state index is 13.6. The van der Waals surface area contributed by atoms with Gasteiger partial charge in [-0.2, -0.15) is 0 Å². The predicted octanol–water partition coefficient (Wildman–Crippen LogP) is 3.94. The average Bonchev–Trinajstić information content (AvgIpc) is 2.63. The Morgan fingerprint density at radius 3 is 2.52 bits per heavy atom. The molecule has 0 N–H and O–H groups in total. The second kappa shape index (κ2) is 7.29. The lowest BCUT2D eigenvalue weighted by molar-refractivity contribution is -0.384. The molecule has 1 aliphatic heterocycles. The molecule has 1 fully saturated rings. The topological polar surface area (TPSA) is 72.7 Å². The monoisotopic (exact) mass is 344 g/mol.